The van der Waals surface area contributed by atoms with Crippen LogP contribution in [0.15, 0.2) is 39.8 Å². The van der Waals surface area contributed by atoms with Crippen molar-refractivity contribution in [2.75, 3.05) is 6.26 Å². The number of rotatable bonds is 3. The van der Waals surface area contributed by atoms with E-state index in [2.05, 4.69) is 20.5 Å². The summed E-state index contributed by atoms with van der Waals surface area (Å²) in [7, 11) is -2.25. The molecular weight excluding hydrogens is 278 g/mol. The normalized spacial score (nSPS) is 18.6. The molecule has 3 nitrogen and oxygen atoms in total. The molecule has 5 heteroatoms. The highest BCUT2D eigenvalue weighted by Gasteiger charge is 2.33. The Morgan fingerprint density at radius 1 is 1.40 bits per heavy atom. The topological polar surface area (TPSA) is 46.5 Å². The van der Waals surface area contributed by atoms with Crippen LogP contribution < -0.4 is 0 Å². The lowest BCUT2D eigenvalue weighted by atomic mass is 10.4. The van der Waals surface area contributed by atoms with Gasteiger partial charge in [0.2, 0.25) is 5.12 Å². The molecule has 1 rings (SSSR count). The predicted molar refractivity (Wildman–Crippen MR) is 67.4 cm³/mol. The van der Waals surface area contributed by atoms with E-state index in [1.165, 1.54) is 0 Å². The van der Waals surface area contributed by atoms with Crippen molar-refractivity contribution in [3.05, 3.63) is 35.2 Å². The molecule has 0 aliphatic rings. The zero-order valence-electron chi connectivity index (χ0n) is 8.51. The van der Waals surface area contributed by atoms with E-state index in [1.807, 2.05) is 6.07 Å². The molecule has 0 radical (unpaired) electrons. The van der Waals surface area contributed by atoms with Crippen molar-refractivity contribution in [3.8, 4) is 0 Å². The molecule has 2 unspecified atom stereocenters. The van der Waals surface area contributed by atoms with Gasteiger partial charge in [-0.2, -0.15) is 0 Å². The molecule has 0 heterocycles. The minimum atomic E-state index is -2.25. The molecule has 15 heavy (non-hydrogen) atoms. The summed E-state index contributed by atoms with van der Waals surface area (Å²) < 4.78 is 3.07. The van der Waals surface area contributed by atoms with Crippen molar-refractivity contribution in [2.24, 2.45) is 4.58 Å². The molecule has 0 spiro atoms. The van der Waals surface area contributed by atoms with E-state index in [4.69, 9.17) is 0 Å². The minimum absolute atomic E-state index is 0.149. The van der Waals surface area contributed by atoms with E-state index >= 15 is 0 Å². The van der Waals surface area contributed by atoms with Crippen molar-refractivity contribution in [3.63, 3.8) is 0 Å². The second-order valence-electron chi connectivity index (χ2n) is 3.20. The molecule has 0 fully saturated rings. The molecule has 0 saturated heterocycles. The summed E-state index contributed by atoms with van der Waals surface area (Å²) in [5.41, 5.74) is 0. The Balaban J connectivity index is 3.17. The fourth-order valence-corrected chi connectivity index (χ4v) is 4.00. The third-order valence-corrected chi connectivity index (χ3v) is 5.41. The first-order valence-corrected chi connectivity index (χ1v) is 7.29. The van der Waals surface area contributed by atoms with Crippen LogP contribution in [0.1, 0.15) is 6.92 Å². The van der Waals surface area contributed by atoms with Crippen LogP contribution in [-0.4, -0.2) is 16.2 Å². The third kappa shape index (κ3) is 2.46. The van der Waals surface area contributed by atoms with Gasteiger partial charge in [0, 0.05) is 4.90 Å². The highest BCUT2D eigenvalue weighted by atomic mass is 79.9. The lowest BCUT2D eigenvalue weighted by Crippen LogP contribution is -2.17. The fourth-order valence-electron chi connectivity index (χ4n) is 1.20. The Morgan fingerprint density at radius 2 is 1.93 bits per heavy atom. The van der Waals surface area contributed by atoms with E-state index in [9.17, 15) is 9.70 Å². The molecule has 1 aromatic rings. The van der Waals surface area contributed by atoms with Gasteiger partial charge in [-0.1, -0.05) is 34.1 Å². The van der Waals surface area contributed by atoms with Crippen molar-refractivity contribution < 1.29 is 4.79 Å². The molecule has 1 aromatic carbocycles. The van der Waals surface area contributed by atoms with Crippen LogP contribution in [0.3, 0.4) is 0 Å². The molecule has 0 saturated carbocycles. The first-order chi connectivity index (χ1) is 7.02. The van der Waals surface area contributed by atoms with E-state index in [0.29, 0.717) is 4.90 Å². The first-order valence-electron chi connectivity index (χ1n) is 4.38. The zero-order valence-corrected chi connectivity index (χ0v) is 10.9. The third-order valence-electron chi connectivity index (χ3n) is 2.07. The molecule has 0 aromatic heterocycles. The van der Waals surface area contributed by atoms with Crippen LogP contribution in [-0.2, 0) is 4.79 Å². The van der Waals surface area contributed by atoms with Crippen LogP contribution in [0.5, 0.6) is 0 Å². The number of benzene rings is 1. The average Bonchev–Trinajstić information content (AvgIpc) is 2.28. The van der Waals surface area contributed by atoms with Gasteiger partial charge in [0.1, 0.15) is 0 Å². The summed E-state index contributed by atoms with van der Waals surface area (Å²) in [5.74, 6) is 0. The number of nitroso groups, excluding NO2 is 1. The summed E-state index contributed by atoms with van der Waals surface area (Å²) in [5, 5.41) is -0.149. The van der Waals surface area contributed by atoms with E-state index in [0.717, 1.165) is 0 Å². The molecule has 0 N–H and O–H groups in total. The van der Waals surface area contributed by atoms with Gasteiger partial charge in [-0.15, -0.1) is 4.91 Å². The van der Waals surface area contributed by atoms with Gasteiger partial charge in [-0.3, -0.25) is 4.79 Å². The standard InChI is InChI=1S/C10H12BrNO2S/c1-8(11)10(13)15(2,12-14)9-6-4-3-5-7-9/h3-8H,1-2H3. The summed E-state index contributed by atoms with van der Waals surface area (Å²) >= 11 is 3.19. The van der Waals surface area contributed by atoms with Gasteiger partial charge < -0.3 is 0 Å². The molecule has 0 aliphatic carbocycles. The second-order valence-corrected chi connectivity index (χ2v) is 7.35. The maximum Gasteiger partial charge on any atom is 0.210 e. The molecule has 2 atom stereocenters. The Hall–Kier alpha value is -0.680. The maximum absolute atomic E-state index is 11.9. The Labute approximate surface area is 98.8 Å². The Bertz CT molecular complexity index is 369. The summed E-state index contributed by atoms with van der Waals surface area (Å²) in [6, 6.07) is 8.99. The van der Waals surface area contributed by atoms with Crippen molar-refractivity contribution in [1.29, 1.82) is 0 Å². The van der Waals surface area contributed by atoms with Crippen LogP contribution in [0.25, 0.3) is 0 Å². The maximum atomic E-state index is 11.9. The van der Waals surface area contributed by atoms with E-state index < -0.39 is 10.2 Å². The van der Waals surface area contributed by atoms with Gasteiger partial charge in [0.25, 0.3) is 0 Å². The fraction of sp³-hybridized carbons (Fsp3) is 0.300. The SMILES string of the molecule is CC(Br)C(=O)S(C)(N=O)c1ccccc1. The number of carbonyl (C=O) groups is 1. The van der Waals surface area contributed by atoms with Crippen LogP contribution in [0.4, 0.5) is 0 Å². The Morgan fingerprint density at radius 3 is 2.33 bits per heavy atom. The van der Waals surface area contributed by atoms with Crippen molar-refractivity contribution in [2.45, 2.75) is 16.6 Å². The highest BCUT2D eigenvalue weighted by Crippen LogP contribution is 2.55. The smallest absolute Gasteiger partial charge is 0.210 e. The number of alkyl halides is 1. The lowest BCUT2D eigenvalue weighted by molar-refractivity contribution is -0.110. The summed E-state index contributed by atoms with van der Waals surface area (Å²) in [6.45, 7) is 1.71. The summed E-state index contributed by atoms with van der Waals surface area (Å²) in [6.07, 6.45) is 1.62. The molecule has 0 bridgehead atoms. The predicted octanol–water partition coefficient (Wildman–Crippen LogP) is 3.47. The van der Waals surface area contributed by atoms with Crippen LogP contribution in [0, 0.1) is 4.91 Å². The number of hydrogen-bond acceptors (Lipinski definition) is 3. The van der Waals surface area contributed by atoms with Crippen molar-refractivity contribution in [1.82, 2.24) is 0 Å². The largest absolute Gasteiger partial charge is 0.285 e. The average molecular weight is 290 g/mol. The Kier molecular flexibility index (Phi) is 4.04. The summed E-state index contributed by atoms with van der Waals surface area (Å²) in [4.78, 5) is 23.2. The number of halogens is 1. The van der Waals surface area contributed by atoms with E-state index in [-0.39, 0.29) is 9.94 Å². The van der Waals surface area contributed by atoms with Gasteiger partial charge >= 0.3 is 0 Å². The minimum Gasteiger partial charge on any atom is -0.285 e. The lowest BCUT2D eigenvalue weighted by Gasteiger charge is -2.26. The van der Waals surface area contributed by atoms with Gasteiger partial charge in [0.05, 0.1) is 4.83 Å². The molecule has 0 aliphatic heterocycles. The molecule has 82 valence electrons. The van der Waals surface area contributed by atoms with E-state index in [1.54, 1.807) is 37.4 Å². The van der Waals surface area contributed by atoms with Crippen LogP contribution in [0.2, 0.25) is 0 Å². The molecular formula is C10H12BrNO2S. The number of nitrogens with zero attached hydrogens (tertiary/aromatic N) is 1. The van der Waals surface area contributed by atoms with Gasteiger partial charge in [0.15, 0.2) is 0 Å². The zero-order chi connectivity index (χ0) is 11.5. The van der Waals surface area contributed by atoms with Crippen molar-refractivity contribution >= 4 is 31.3 Å². The highest BCUT2D eigenvalue weighted by molar-refractivity contribution is 9.10. The molecule has 0 amide bonds. The first kappa shape index (κ1) is 12.4. The second kappa shape index (κ2) is 4.90. The monoisotopic (exact) mass is 289 g/mol. The number of hydrogen-bond donors (Lipinski definition) is 0. The van der Waals surface area contributed by atoms with Crippen LogP contribution >= 0.6 is 26.1 Å². The number of carbonyl (C=O) groups excluding carboxylic acids is 1. The van der Waals surface area contributed by atoms with Gasteiger partial charge in [-0.25, -0.2) is 0 Å². The van der Waals surface area contributed by atoms with Gasteiger partial charge in [-0.05, 0) is 40.1 Å². The quantitative estimate of drug-likeness (QED) is 0.632.